The third-order valence-corrected chi connectivity index (χ3v) is 1.89. The normalized spacial score (nSPS) is 12.3. The molecule has 0 bridgehead atoms. The predicted molar refractivity (Wildman–Crippen MR) is 78.4 cm³/mol. The van der Waals surface area contributed by atoms with Gasteiger partial charge in [0, 0.05) is 6.20 Å². The van der Waals surface area contributed by atoms with Gasteiger partial charge in [-0.05, 0) is 48.0 Å². The Morgan fingerprint density at radius 3 is 1.65 bits per heavy atom. The van der Waals surface area contributed by atoms with Crippen molar-refractivity contribution in [1.29, 1.82) is 0 Å². The first-order valence-electron chi connectivity index (χ1n) is 6.88. The average Bonchev–Trinajstić information content (AvgIpc) is 2.18. The van der Waals surface area contributed by atoms with Crippen LogP contribution in [0.2, 0.25) is 0 Å². The van der Waals surface area contributed by atoms with Gasteiger partial charge < -0.3 is 9.47 Å². The molecule has 0 saturated heterocycles. The molecule has 0 aromatic carbocycles. The van der Waals surface area contributed by atoms with Crippen LogP contribution in [-0.4, -0.2) is 28.3 Å². The standard InChI is InChI=1S/C15H27NO4/c1-8-9-10-11-16(12(17)19-14(2,3)4)13(18)20-15(5,6)7/h10-11H,8-9H2,1-7H3/b11-10+. The van der Waals surface area contributed by atoms with Gasteiger partial charge in [0.1, 0.15) is 11.2 Å². The maximum atomic E-state index is 12.0. The molecule has 0 saturated carbocycles. The van der Waals surface area contributed by atoms with Gasteiger partial charge in [-0.3, -0.25) is 0 Å². The smallest absolute Gasteiger partial charge is 0.424 e. The number of amides is 2. The molecule has 0 unspecified atom stereocenters. The molecule has 5 heteroatoms. The molecule has 20 heavy (non-hydrogen) atoms. The van der Waals surface area contributed by atoms with E-state index in [9.17, 15) is 9.59 Å². The third kappa shape index (κ3) is 8.56. The van der Waals surface area contributed by atoms with Crippen LogP contribution < -0.4 is 0 Å². The highest BCUT2D eigenvalue weighted by molar-refractivity contribution is 5.89. The van der Waals surface area contributed by atoms with Crippen LogP contribution in [0.1, 0.15) is 61.3 Å². The molecule has 116 valence electrons. The Bertz CT molecular complexity index is 333. The first-order valence-corrected chi connectivity index (χ1v) is 6.88. The molecule has 0 radical (unpaired) electrons. The highest BCUT2D eigenvalue weighted by Gasteiger charge is 2.29. The molecule has 0 atom stereocenters. The number of hydrogen-bond acceptors (Lipinski definition) is 4. The molecular formula is C15H27NO4. The molecular weight excluding hydrogens is 258 g/mol. The SMILES string of the molecule is CCC/C=C/N(C(=O)OC(C)(C)C)C(=O)OC(C)(C)C. The third-order valence-electron chi connectivity index (χ3n) is 1.89. The lowest BCUT2D eigenvalue weighted by molar-refractivity contribution is 0.0107. The summed E-state index contributed by atoms with van der Waals surface area (Å²) >= 11 is 0. The van der Waals surface area contributed by atoms with Crippen molar-refractivity contribution in [3.63, 3.8) is 0 Å². The Morgan fingerprint density at radius 2 is 1.35 bits per heavy atom. The zero-order valence-corrected chi connectivity index (χ0v) is 13.6. The van der Waals surface area contributed by atoms with Crippen molar-refractivity contribution in [3.05, 3.63) is 12.3 Å². The van der Waals surface area contributed by atoms with E-state index in [1.165, 1.54) is 6.20 Å². The van der Waals surface area contributed by atoms with E-state index < -0.39 is 23.4 Å². The second-order valence-corrected chi connectivity index (χ2v) is 6.50. The number of allylic oxidation sites excluding steroid dienone is 1. The summed E-state index contributed by atoms with van der Waals surface area (Å²) in [6.45, 7) is 12.5. The number of imide groups is 1. The van der Waals surface area contributed by atoms with Gasteiger partial charge in [-0.25, -0.2) is 9.59 Å². The Kier molecular flexibility index (Phi) is 6.76. The van der Waals surface area contributed by atoms with Crippen molar-refractivity contribution < 1.29 is 19.1 Å². The second kappa shape index (κ2) is 7.31. The molecule has 0 rings (SSSR count). The van der Waals surface area contributed by atoms with Gasteiger partial charge in [-0.15, -0.1) is 0 Å². The van der Waals surface area contributed by atoms with Crippen LogP contribution in [0, 0.1) is 0 Å². The predicted octanol–water partition coefficient (Wildman–Crippen LogP) is 4.47. The van der Waals surface area contributed by atoms with E-state index in [0.29, 0.717) is 0 Å². The van der Waals surface area contributed by atoms with Gasteiger partial charge in [0.05, 0.1) is 0 Å². The van der Waals surface area contributed by atoms with Crippen LogP contribution in [0.4, 0.5) is 9.59 Å². The summed E-state index contributed by atoms with van der Waals surface area (Å²) in [7, 11) is 0. The Morgan fingerprint density at radius 1 is 0.950 bits per heavy atom. The minimum Gasteiger partial charge on any atom is -0.443 e. The van der Waals surface area contributed by atoms with Crippen molar-refractivity contribution in [2.24, 2.45) is 0 Å². The molecule has 0 aliphatic heterocycles. The molecule has 2 amide bonds. The first kappa shape index (κ1) is 18.5. The number of hydrogen-bond donors (Lipinski definition) is 0. The lowest BCUT2D eigenvalue weighted by Gasteiger charge is -2.26. The van der Waals surface area contributed by atoms with E-state index >= 15 is 0 Å². The molecule has 0 aromatic heterocycles. The van der Waals surface area contributed by atoms with E-state index in [1.54, 1.807) is 47.6 Å². The van der Waals surface area contributed by atoms with Gasteiger partial charge in [0.25, 0.3) is 0 Å². The summed E-state index contributed by atoms with van der Waals surface area (Å²) in [6, 6.07) is 0. The number of carbonyl (C=O) groups excluding carboxylic acids is 2. The van der Waals surface area contributed by atoms with Crippen LogP contribution >= 0.6 is 0 Å². The maximum Gasteiger partial charge on any atom is 0.424 e. The van der Waals surface area contributed by atoms with Crippen LogP contribution in [0.25, 0.3) is 0 Å². The summed E-state index contributed by atoms with van der Waals surface area (Å²) in [5.41, 5.74) is -1.34. The minimum absolute atomic E-state index is 0.671. The average molecular weight is 285 g/mol. The number of nitrogens with zero attached hydrogens (tertiary/aromatic N) is 1. The van der Waals surface area contributed by atoms with E-state index in [0.717, 1.165) is 17.7 Å². The zero-order valence-electron chi connectivity index (χ0n) is 13.6. The highest BCUT2D eigenvalue weighted by Crippen LogP contribution is 2.15. The molecule has 5 nitrogen and oxygen atoms in total. The quantitative estimate of drug-likeness (QED) is 0.767. The van der Waals surface area contributed by atoms with E-state index in [4.69, 9.17) is 9.47 Å². The number of ether oxygens (including phenoxy) is 2. The summed E-state index contributed by atoms with van der Waals surface area (Å²) in [6.07, 6.45) is 3.37. The first-order chi connectivity index (χ1) is 8.96. The van der Waals surface area contributed by atoms with Crippen molar-refractivity contribution in [2.75, 3.05) is 0 Å². The Balaban J connectivity index is 4.98. The lowest BCUT2D eigenvalue weighted by atomic mass is 10.2. The van der Waals surface area contributed by atoms with Crippen molar-refractivity contribution in [3.8, 4) is 0 Å². The van der Waals surface area contributed by atoms with Crippen molar-refractivity contribution in [2.45, 2.75) is 72.5 Å². The summed E-state index contributed by atoms with van der Waals surface area (Å²) < 4.78 is 10.4. The lowest BCUT2D eigenvalue weighted by Crippen LogP contribution is -2.40. The van der Waals surface area contributed by atoms with E-state index in [2.05, 4.69) is 0 Å². The van der Waals surface area contributed by atoms with Gasteiger partial charge in [0.2, 0.25) is 0 Å². The van der Waals surface area contributed by atoms with Gasteiger partial charge in [0.15, 0.2) is 0 Å². The maximum absolute atomic E-state index is 12.0. The molecule has 0 spiro atoms. The van der Waals surface area contributed by atoms with E-state index in [-0.39, 0.29) is 0 Å². The summed E-state index contributed by atoms with van der Waals surface area (Å²) in [4.78, 5) is 24.9. The van der Waals surface area contributed by atoms with E-state index in [1.807, 2.05) is 6.92 Å². The van der Waals surface area contributed by atoms with Crippen LogP contribution in [-0.2, 0) is 9.47 Å². The van der Waals surface area contributed by atoms with Crippen LogP contribution in [0.3, 0.4) is 0 Å². The molecule has 0 N–H and O–H groups in total. The summed E-state index contributed by atoms with van der Waals surface area (Å²) in [5, 5.41) is 0. The van der Waals surface area contributed by atoms with Gasteiger partial charge in [-0.1, -0.05) is 19.4 Å². The second-order valence-electron chi connectivity index (χ2n) is 6.50. The fourth-order valence-electron chi connectivity index (χ4n) is 1.17. The number of unbranched alkanes of at least 4 members (excludes halogenated alkanes) is 1. The molecule has 0 fully saturated rings. The van der Waals surface area contributed by atoms with Crippen LogP contribution in [0.5, 0.6) is 0 Å². The molecule has 0 aliphatic carbocycles. The Hall–Kier alpha value is -1.52. The van der Waals surface area contributed by atoms with Gasteiger partial charge >= 0.3 is 12.2 Å². The minimum atomic E-state index is -0.737. The molecule has 0 heterocycles. The van der Waals surface area contributed by atoms with Crippen molar-refractivity contribution in [1.82, 2.24) is 4.90 Å². The molecule has 0 aliphatic rings. The largest absolute Gasteiger partial charge is 0.443 e. The van der Waals surface area contributed by atoms with Crippen LogP contribution in [0.15, 0.2) is 12.3 Å². The number of rotatable bonds is 3. The molecule has 0 aromatic rings. The summed E-state index contributed by atoms with van der Waals surface area (Å²) in [5.74, 6) is 0. The monoisotopic (exact) mass is 285 g/mol. The zero-order chi connectivity index (χ0) is 16.0. The van der Waals surface area contributed by atoms with Crippen molar-refractivity contribution >= 4 is 12.2 Å². The fraction of sp³-hybridized carbons (Fsp3) is 0.733. The number of carbonyl (C=O) groups is 2. The highest BCUT2D eigenvalue weighted by atomic mass is 16.6. The Labute approximate surface area is 121 Å². The van der Waals surface area contributed by atoms with Gasteiger partial charge in [-0.2, -0.15) is 4.90 Å². The topological polar surface area (TPSA) is 55.8 Å². The fourth-order valence-corrected chi connectivity index (χ4v) is 1.17.